The van der Waals surface area contributed by atoms with Crippen LogP contribution in [0.4, 0.5) is 0 Å². The molecule has 0 radical (unpaired) electrons. The summed E-state index contributed by atoms with van der Waals surface area (Å²) in [5.41, 5.74) is 1.24. The van der Waals surface area contributed by atoms with Crippen LogP contribution in [0.1, 0.15) is 25.3 Å². The maximum atomic E-state index is 5.00. The summed E-state index contributed by atoms with van der Waals surface area (Å²) < 4.78 is 5.00. The number of rotatable bonds is 2. The summed E-state index contributed by atoms with van der Waals surface area (Å²) in [5.74, 6) is 1.95. The zero-order valence-electron chi connectivity index (χ0n) is 9.91. The van der Waals surface area contributed by atoms with E-state index in [9.17, 15) is 0 Å². The highest BCUT2D eigenvalue weighted by atomic mass is 32.2. The second kappa shape index (κ2) is 4.49. The molecule has 2 heterocycles. The van der Waals surface area contributed by atoms with Crippen LogP contribution >= 0.6 is 11.8 Å². The Morgan fingerprint density at radius 2 is 2.38 bits per heavy atom. The predicted molar refractivity (Wildman–Crippen MR) is 66.6 cm³/mol. The highest BCUT2D eigenvalue weighted by molar-refractivity contribution is 8.13. The summed E-state index contributed by atoms with van der Waals surface area (Å²) in [5, 5.41) is 8.22. The first-order chi connectivity index (χ1) is 7.55. The molecule has 0 aromatic carbocycles. The van der Waals surface area contributed by atoms with E-state index in [0.29, 0.717) is 12.0 Å². The second-order valence-electron chi connectivity index (χ2n) is 4.86. The van der Waals surface area contributed by atoms with Crippen molar-refractivity contribution >= 4 is 16.9 Å². The van der Waals surface area contributed by atoms with E-state index < -0.39 is 0 Å². The van der Waals surface area contributed by atoms with Crippen LogP contribution in [-0.4, -0.2) is 22.6 Å². The van der Waals surface area contributed by atoms with Gasteiger partial charge in [-0.2, -0.15) is 0 Å². The van der Waals surface area contributed by atoms with E-state index in [-0.39, 0.29) is 0 Å². The third-order valence-electron chi connectivity index (χ3n) is 2.35. The lowest BCUT2D eigenvalue weighted by atomic mass is 9.97. The molecule has 0 fully saturated rings. The Balaban J connectivity index is 1.85. The molecule has 0 bridgehead atoms. The van der Waals surface area contributed by atoms with Gasteiger partial charge in [-0.1, -0.05) is 30.8 Å². The van der Waals surface area contributed by atoms with E-state index in [1.54, 1.807) is 11.8 Å². The van der Waals surface area contributed by atoms with Crippen LogP contribution in [0.3, 0.4) is 0 Å². The van der Waals surface area contributed by atoms with Crippen LogP contribution < -0.4 is 5.32 Å². The fourth-order valence-corrected chi connectivity index (χ4v) is 2.36. The second-order valence-corrected chi connectivity index (χ2v) is 5.82. The van der Waals surface area contributed by atoms with Crippen molar-refractivity contribution in [2.75, 3.05) is 12.3 Å². The van der Waals surface area contributed by atoms with E-state index in [4.69, 9.17) is 4.52 Å². The first kappa shape index (κ1) is 11.5. The van der Waals surface area contributed by atoms with Gasteiger partial charge in [0.25, 0.3) is 0 Å². The molecule has 1 aliphatic heterocycles. The van der Waals surface area contributed by atoms with Gasteiger partial charge in [-0.15, -0.1) is 0 Å². The fourth-order valence-electron chi connectivity index (χ4n) is 1.42. The van der Waals surface area contributed by atoms with Crippen LogP contribution in [0.15, 0.2) is 15.6 Å². The maximum absolute atomic E-state index is 5.00. The Labute approximate surface area is 99.9 Å². The standard InChI is InChI=1S/C11H17N3OS/c1-8-4-9(14-15-8)5-12-10-13-6-11(2,3)7-16-10/h4H,5-7H2,1-3H3,(H,12,13). The molecule has 1 aromatic heterocycles. The molecule has 5 heteroatoms. The van der Waals surface area contributed by atoms with Crippen molar-refractivity contribution in [3.05, 3.63) is 17.5 Å². The predicted octanol–water partition coefficient (Wildman–Crippen LogP) is 2.20. The first-order valence-electron chi connectivity index (χ1n) is 5.38. The number of nitrogens with zero attached hydrogens (tertiary/aromatic N) is 2. The number of aryl methyl sites for hydroxylation is 1. The summed E-state index contributed by atoms with van der Waals surface area (Å²) in [7, 11) is 0. The Bertz CT molecular complexity index is 398. The lowest BCUT2D eigenvalue weighted by molar-refractivity contribution is 0.390. The fraction of sp³-hybridized carbons (Fsp3) is 0.636. The summed E-state index contributed by atoms with van der Waals surface area (Å²) in [6.45, 7) is 7.94. The van der Waals surface area contributed by atoms with Crippen molar-refractivity contribution in [3.8, 4) is 0 Å². The largest absolute Gasteiger partial charge is 0.361 e. The normalized spacial score (nSPS) is 19.3. The average Bonchev–Trinajstić information content (AvgIpc) is 2.63. The number of hydrogen-bond donors (Lipinski definition) is 1. The number of aliphatic imine (C=N–C) groups is 1. The van der Waals surface area contributed by atoms with Crippen molar-refractivity contribution < 1.29 is 4.52 Å². The van der Waals surface area contributed by atoms with Crippen LogP contribution in [-0.2, 0) is 6.54 Å². The Kier molecular flexibility index (Phi) is 3.23. The molecule has 0 aliphatic carbocycles. The molecular formula is C11H17N3OS. The monoisotopic (exact) mass is 239 g/mol. The minimum absolute atomic E-state index is 0.320. The van der Waals surface area contributed by atoms with Crippen LogP contribution in [0, 0.1) is 12.3 Å². The van der Waals surface area contributed by atoms with Gasteiger partial charge in [-0.25, -0.2) is 0 Å². The van der Waals surface area contributed by atoms with Gasteiger partial charge in [0.1, 0.15) is 11.5 Å². The number of amidine groups is 1. The molecular weight excluding hydrogens is 222 g/mol. The molecule has 88 valence electrons. The molecule has 0 saturated carbocycles. The summed E-state index contributed by atoms with van der Waals surface area (Å²) >= 11 is 1.78. The van der Waals surface area contributed by atoms with E-state index >= 15 is 0 Å². The van der Waals surface area contributed by atoms with Gasteiger partial charge < -0.3 is 9.84 Å². The summed E-state index contributed by atoms with van der Waals surface area (Å²) in [6.07, 6.45) is 0. The average molecular weight is 239 g/mol. The van der Waals surface area contributed by atoms with E-state index in [1.807, 2.05) is 13.0 Å². The van der Waals surface area contributed by atoms with E-state index in [0.717, 1.165) is 28.9 Å². The molecule has 16 heavy (non-hydrogen) atoms. The van der Waals surface area contributed by atoms with Gasteiger partial charge in [0.2, 0.25) is 0 Å². The number of nitrogens with one attached hydrogen (secondary N) is 1. The zero-order chi connectivity index (χ0) is 11.6. The molecule has 0 spiro atoms. The van der Waals surface area contributed by atoms with Gasteiger partial charge in [0.05, 0.1) is 6.54 Å². The van der Waals surface area contributed by atoms with Gasteiger partial charge in [0.15, 0.2) is 5.17 Å². The number of hydrogen-bond acceptors (Lipinski definition) is 5. The van der Waals surface area contributed by atoms with Crippen molar-refractivity contribution in [2.45, 2.75) is 27.3 Å². The zero-order valence-corrected chi connectivity index (χ0v) is 10.7. The van der Waals surface area contributed by atoms with E-state index in [1.165, 1.54) is 0 Å². The topological polar surface area (TPSA) is 50.4 Å². The van der Waals surface area contributed by atoms with Crippen LogP contribution in [0.2, 0.25) is 0 Å². The lowest BCUT2D eigenvalue weighted by Crippen LogP contribution is -2.31. The molecule has 0 amide bonds. The Morgan fingerprint density at radius 3 is 2.94 bits per heavy atom. The van der Waals surface area contributed by atoms with Crippen molar-refractivity contribution in [1.82, 2.24) is 10.5 Å². The smallest absolute Gasteiger partial charge is 0.156 e. The van der Waals surface area contributed by atoms with Crippen LogP contribution in [0.25, 0.3) is 0 Å². The maximum Gasteiger partial charge on any atom is 0.156 e. The SMILES string of the molecule is Cc1cc(CNC2=NCC(C)(C)CS2)no1. The molecule has 1 aromatic rings. The molecule has 0 atom stereocenters. The quantitative estimate of drug-likeness (QED) is 0.859. The third kappa shape index (κ3) is 3.01. The summed E-state index contributed by atoms with van der Waals surface area (Å²) in [6, 6.07) is 1.94. The third-order valence-corrected chi connectivity index (χ3v) is 3.82. The van der Waals surface area contributed by atoms with Crippen molar-refractivity contribution in [1.29, 1.82) is 0 Å². The molecule has 0 unspecified atom stereocenters. The van der Waals surface area contributed by atoms with E-state index in [2.05, 4.69) is 29.3 Å². The number of thioether (sulfide) groups is 1. The molecule has 1 N–H and O–H groups in total. The van der Waals surface area contributed by atoms with Gasteiger partial charge >= 0.3 is 0 Å². The highest BCUT2D eigenvalue weighted by Gasteiger charge is 2.23. The Hall–Kier alpha value is -0.970. The summed E-state index contributed by atoms with van der Waals surface area (Å²) in [4.78, 5) is 4.51. The highest BCUT2D eigenvalue weighted by Crippen LogP contribution is 2.27. The first-order valence-corrected chi connectivity index (χ1v) is 6.37. The molecule has 1 aliphatic rings. The number of aromatic nitrogens is 1. The van der Waals surface area contributed by atoms with Gasteiger partial charge in [0, 0.05) is 18.4 Å². The molecule has 4 nitrogen and oxygen atoms in total. The molecule has 0 saturated heterocycles. The molecule has 2 rings (SSSR count). The Morgan fingerprint density at radius 1 is 1.56 bits per heavy atom. The van der Waals surface area contributed by atoms with Crippen molar-refractivity contribution in [2.24, 2.45) is 10.4 Å². The van der Waals surface area contributed by atoms with Gasteiger partial charge in [-0.05, 0) is 12.3 Å². The van der Waals surface area contributed by atoms with Crippen molar-refractivity contribution in [3.63, 3.8) is 0 Å². The minimum atomic E-state index is 0.320. The minimum Gasteiger partial charge on any atom is -0.361 e. The van der Waals surface area contributed by atoms with Gasteiger partial charge in [-0.3, -0.25) is 4.99 Å². The lowest BCUT2D eigenvalue weighted by Gasteiger charge is -2.27. The van der Waals surface area contributed by atoms with Crippen LogP contribution in [0.5, 0.6) is 0 Å².